The van der Waals surface area contributed by atoms with Gasteiger partial charge in [-0.3, -0.25) is 9.48 Å². The zero-order valence-electron chi connectivity index (χ0n) is 18.1. The van der Waals surface area contributed by atoms with E-state index in [1.807, 2.05) is 0 Å². The maximum Gasteiger partial charge on any atom is 0.247 e. The average Bonchev–Trinajstić information content (AvgIpc) is 3.23. The first kappa shape index (κ1) is 23.4. The molecule has 1 amide bonds. The van der Waals surface area contributed by atoms with Crippen molar-refractivity contribution in [3.8, 4) is 11.1 Å². The van der Waals surface area contributed by atoms with E-state index in [4.69, 9.17) is 0 Å². The zero-order valence-corrected chi connectivity index (χ0v) is 18.1. The summed E-state index contributed by atoms with van der Waals surface area (Å²) < 4.78 is 57.5. The van der Waals surface area contributed by atoms with Crippen LogP contribution in [0.2, 0.25) is 0 Å². The maximum atomic E-state index is 14.6. The Morgan fingerprint density at radius 2 is 1.74 bits per heavy atom. The molecular formula is C23H17F4N7O. The van der Waals surface area contributed by atoms with Crippen LogP contribution in [0.25, 0.3) is 11.1 Å². The van der Waals surface area contributed by atoms with Gasteiger partial charge in [0.15, 0.2) is 17.5 Å². The first-order valence-corrected chi connectivity index (χ1v) is 10.0. The number of hydrogen-bond acceptors (Lipinski definition) is 6. The van der Waals surface area contributed by atoms with Gasteiger partial charge in [0.1, 0.15) is 11.6 Å². The summed E-state index contributed by atoms with van der Waals surface area (Å²) in [6.07, 6.45) is 5.45. The summed E-state index contributed by atoms with van der Waals surface area (Å²) in [5.74, 6) is -5.66. The fourth-order valence-corrected chi connectivity index (χ4v) is 3.09. The molecule has 0 radical (unpaired) electrons. The Morgan fingerprint density at radius 3 is 2.40 bits per heavy atom. The molecule has 0 spiro atoms. The number of amides is 1. The molecule has 2 aromatic carbocycles. The summed E-state index contributed by atoms with van der Waals surface area (Å²) in [5.41, 5.74) is 0.655. The van der Waals surface area contributed by atoms with E-state index < -0.39 is 29.2 Å². The van der Waals surface area contributed by atoms with E-state index in [-0.39, 0.29) is 34.3 Å². The third-order valence-electron chi connectivity index (χ3n) is 4.72. The molecule has 2 aromatic heterocycles. The van der Waals surface area contributed by atoms with Gasteiger partial charge < -0.3 is 16.0 Å². The molecule has 0 saturated heterocycles. The fourth-order valence-electron chi connectivity index (χ4n) is 3.09. The lowest BCUT2D eigenvalue weighted by Crippen LogP contribution is -2.08. The number of nitrogens with one attached hydrogen (secondary N) is 3. The van der Waals surface area contributed by atoms with Gasteiger partial charge in [-0.25, -0.2) is 22.5 Å². The van der Waals surface area contributed by atoms with Crippen LogP contribution in [0.15, 0.2) is 61.6 Å². The zero-order chi connectivity index (χ0) is 25.1. The fraction of sp³-hybridized carbons (Fsp3) is 0.0435. The van der Waals surface area contributed by atoms with Crippen LogP contribution in [0, 0.1) is 23.3 Å². The Morgan fingerprint density at radius 1 is 1.00 bits per heavy atom. The van der Waals surface area contributed by atoms with Gasteiger partial charge in [0, 0.05) is 30.7 Å². The molecule has 2 heterocycles. The van der Waals surface area contributed by atoms with Crippen molar-refractivity contribution in [3.63, 3.8) is 0 Å². The normalized spacial score (nSPS) is 10.7. The number of carbonyl (C=O) groups excluding carboxylic acids is 1. The molecule has 0 bridgehead atoms. The van der Waals surface area contributed by atoms with E-state index >= 15 is 0 Å². The van der Waals surface area contributed by atoms with Crippen LogP contribution in [0.4, 0.5) is 46.4 Å². The highest BCUT2D eigenvalue weighted by molar-refractivity contribution is 5.99. The topological polar surface area (TPSA) is 96.8 Å². The molecule has 178 valence electrons. The SMILES string of the molecule is C=CC(=O)Nc1ccc(F)c(Nc2nc(Nc3cnn(C)c3)ncc2-c2cc(F)c(F)c(F)c2)c1. The van der Waals surface area contributed by atoms with Gasteiger partial charge in [0.2, 0.25) is 11.9 Å². The molecule has 0 aliphatic heterocycles. The second-order valence-corrected chi connectivity index (χ2v) is 7.25. The van der Waals surface area contributed by atoms with Crippen molar-refractivity contribution in [2.75, 3.05) is 16.0 Å². The molecule has 0 fully saturated rings. The third-order valence-corrected chi connectivity index (χ3v) is 4.72. The molecule has 8 nitrogen and oxygen atoms in total. The number of rotatable bonds is 7. The Balaban J connectivity index is 1.78. The first-order valence-electron chi connectivity index (χ1n) is 10.0. The van der Waals surface area contributed by atoms with Crippen molar-refractivity contribution in [1.82, 2.24) is 19.7 Å². The summed E-state index contributed by atoms with van der Waals surface area (Å²) >= 11 is 0. The van der Waals surface area contributed by atoms with Gasteiger partial charge in [0.05, 0.1) is 17.6 Å². The van der Waals surface area contributed by atoms with Crippen LogP contribution in [-0.2, 0) is 11.8 Å². The van der Waals surface area contributed by atoms with Crippen LogP contribution in [-0.4, -0.2) is 25.7 Å². The van der Waals surface area contributed by atoms with Crippen molar-refractivity contribution in [1.29, 1.82) is 0 Å². The van der Waals surface area contributed by atoms with Crippen molar-refractivity contribution in [3.05, 3.63) is 84.8 Å². The largest absolute Gasteiger partial charge is 0.337 e. The average molecular weight is 483 g/mol. The second kappa shape index (κ2) is 9.63. The smallest absolute Gasteiger partial charge is 0.247 e. The molecule has 0 unspecified atom stereocenters. The summed E-state index contributed by atoms with van der Waals surface area (Å²) in [7, 11) is 1.71. The monoisotopic (exact) mass is 483 g/mol. The summed E-state index contributed by atoms with van der Waals surface area (Å²) in [6, 6.07) is 5.28. The predicted octanol–water partition coefficient (Wildman–Crippen LogP) is 5.05. The van der Waals surface area contributed by atoms with Crippen molar-refractivity contribution < 1.29 is 22.4 Å². The minimum absolute atomic E-state index is 0.0529. The van der Waals surface area contributed by atoms with E-state index in [1.165, 1.54) is 24.5 Å². The number of halogens is 4. The maximum absolute atomic E-state index is 14.6. The number of anilines is 5. The molecule has 35 heavy (non-hydrogen) atoms. The Bertz CT molecular complexity index is 1410. The van der Waals surface area contributed by atoms with Crippen LogP contribution < -0.4 is 16.0 Å². The van der Waals surface area contributed by atoms with Crippen LogP contribution in [0.1, 0.15) is 0 Å². The third kappa shape index (κ3) is 5.27. The van der Waals surface area contributed by atoms with Crippen LogP contribution in [0.3, 0.4) is 0 Å². The van der Waals surface area contributed by atoms with Crippen molar-refractivity contribution in [2.45, 2.75) is 0 Å². The van der Waals surface area contributed by atoms with Gasteiger partial charge >= 0.3 is 0 Å². The minimum atomic E-state index is -1.63. The first-order chi connectivity index (χ1) is 16.7. The second-order valence-electron chi connectivity index (χ2n) is 7.25. The van der Waals surface area contributed by atoms with E-state index in [0.717, 1.165) is 24.3 Å². The number of hydrogen-bond donors (Lipinski definition) is 3. The van der Waals surface area contributed by atoms with E-state index in [2.05, 4.69) is 37.6 Å². The van der Waals surface area contributed by atoms with Crippen molar-refractivity contribution in [2.24, 2.45) is 7.05 Å². The number of carbonyl (C=O) groups is 1. The molecular weight excluding hydrogens is 466 g/mol. The minimum Gasteiger partial charge on any atom is -0.337 e. The Hall–Kier alpha value is -4.74. The quantitative estimate of drug-likeness (QED) is 0.194. The highest BCUT2D eigenvalue weighted by Gasteiger charge is 2.17. The molecule has 0 aliphatic rings. The lowest BCUT2D eigenvalue weighted by Gasteiger charge is -2.15. The highest BCUT2D eigenvalue weighted by atomic mass is 19.2. The number of benzene rings is 2. The number of aryl methyl sites for hydroxylation is 1. The molecule has 4 aromatic rings. The lowest BCUT2D eigenvalue weighted by atomic mass is 10.1. The standard InChI is InChI=1S/C23H17F4N7O/c1-3-20(35)30-13-4-5-16(24)19(8-13)32-22-15(12-6-17(25)21(27)18(26)7-12)10-28-23(33-22)31-14-9-29-34(2)11-14/h3-11H,1H2,2H3,(H,30,35)(H2,28,31,32,33). The van der Waals surface area contributed by atoms with E-state index in [1.54, 1.807) is 17.9 Å². The van der Waals surface area contributed by atoms with Crippen LogP contribution >= 0.6 is 0 Å². The summed E-state index contributed by atoms with van der Waals surface area (Å²) in [6.45, 7) is 3.36. The summed E-state index contributed by atoms with van der Waals surface area (Å²) in [5, 5.41) is 12.2. The lowest BCUT2D eigenvalue weighted by molar-refractivity contribution is -0.111. The van der Waals surface area contributed by atoms with E-state index in [0.29, 0.717) is 5.69 Å². The molecule has 0 atom stereocenters. The van der Waals surface area contributed by atoms with Crippen LogP contribution in [0.5, 0.6) is 0 Å². The van der Waals surface area contributed by atoms with Gasteiger partial charge in [-0.05, 0) is 42.0 Å². The highest BCUT2D eigenvalue weighted by Crippen LogP contribution is 2.33. The van der Waals surface area contributed by atoms with Crippen molar-refractivity contribution >= 4 is 34.7 Å². The molecule has 4 rings (SSSR count). The predicted molar refractivity (Wildman–Crippen MR) is 122 cm³/mol. The molecule has 0 aliphatic carbocycles. The number of nitrogens with zero attached hydrogens (tertiary/aromatic N) is 4. The van der Waals surface area contributed by atoms with Gasteiger partial charge in [0.25, 0.3) is 0 Å². The van der Waals surface area contributed by atoms with Gasteiger partial charge in [-0.2, -0.15) is 10.1 Å². The van der Waals surface area contributed by atoms with Gasteiger partial charge in [-0.1, -0.05) is 6.58 Å². The summed E-state index contributed by atoms with van der Waals surface area (Å²) in [4.78, 5) is 20.0. The van der Waals surface area contributed by atoms with E-state index in [9.17, 15) is 22.4 Å². The molecule has 3 N–H and O–H groups in total. The van der Waals surface area contributed by atoms with Gasteiger partial charge in [-0.15, -0.1) is 0 Å². The number of aromatic nitrogens is 4. The Labute approximate surface area is 196 Å². The Kier molecular flexibility index (Phi) is 6.44. The molecule has 12 heteroatoms. The molecule has 0 saturated carbocycles.